The summed E-state index contributed by atoms with van der Waals surface area (Å²) >= 11 is 1.36. The SMILES string of the molecule is Cc1cccc(CNC(=O)CSc2ncc(CO)n2C)c1. The maximum absolute atomic E-state index is 11.8. The molecule has 0 atom stereocenters. The van der Waals surface area contributed by atoms with Gasteiger partial charge >= 0.3 is 0 Å². The summed E-state index contributed by atoms with van der Waals surface area (Å²) in [5, 5.41) is 12.7. The van der Waals surface area contributed by atoms with E-state index in [-0.39, 0.29) is 12.5 Å². The van der Waals surface area contributed by atoms with E-state index in [0.29, 0.717) is 12.3 Å². The smallest absolute Gasteiger partial charge is 0.230 e. The molecule has 0 spiro atoms. The lowest BCUT2D eigenvalue weighted by molar-refractivity contribution is -0.118. The first kappa shape index (κ1) is 15.6. The van der Waals surface area contributed by atoms with Gasteiger partial charge in [0, 0.05) is 13.6 Å². The Kier molecular flexibility index (Phi) is 5.41. The first-order valence-electron chi connectivity index (χ1n) is 6.66. The third-order valence-corrected chi connectivity index (χ3v) is 4.15. The van der Waals surface area contributed by atoms with E-state index in [1.165, 1.54) is 17.3 Å². The number of nitrogens with one attached hydrogen (secondary N) is 1. The number of aryl methyl sites for hydroxylation is 1. The van der Waals surface area contributed by atoms with E-state index in [2.05, 4.69) is 16.4 Å². The molecule has 2 N–H and O–H groups in total. The van der Waals surface area contributed by atoms with Crippen LogP contribution in [0.25, 0.3) is 0 Å². The highest BCUT2D eigenvalue weighted by atomic mass is 32.2. The number of amides is 1. The molecule has 0 bridgehead atoms. The largest absolute Gasteiger partial charge is 0.390 e. The Morgan fingerprint density at radius 3 is 2.95 bits per heavy atom. The molecule has 6 heteroatoms. The third kappa shape index (κ3) is 4.34. The number of benzene rings is 1. The zero-order chi connectivity index (χ0) is 15.2. The maximum atomic E-state index is 11.8. The average Bonchev–Trinajstić information content (AvgIpc) is 2.83. The number of hydrogen-bond acceptors (Lipinski definition) is 4. The van der Waals surface area contributed by atoms with Crippen molar-refractivity contribution in [1.29, 1.82) is 0 Å². The highest BCUT2D eigenvalue weighted by molar-refractivity contribution is 7.99. The van der Waals surface area contributed by atoms with Crippen LogP contribution in [0.5, 0.6) is 0 Å². The van der Waals surface area contributed by atoms with Gasteiger partial charge in [-0.3, -0.25) is 4.79 Å². The van der Waals surface area contributed by atoms with Crippen molar-refractivity contribution in [3.63, 3.8) is 0 Å². The van der Waals surface area contributed by atoms with Crippen LogP contribution >= 0.6 is 11.8 Å². The Labute approximate surface area is 128 Å². The van der Waals surface area contributed by atoms with Crippen LogP contribution in [0.4, 0.5) is 0 Å². The van der Waals surface area contributed by atoms with E-state index in [0.717, 1.165) is 16.4 Å². The summed E-state index contributed by atoms with van der Waals surface area (Å²) < 4.78 is 1.79. The molecule has 1 aromatic heterocycles. The molecule has 0 unspecified atom stereocenters. The molecular weight excluding hydrogens is 286 g/mol. The second-order valence-electron chi connectivity index (χ2n) is 4.80. The Bertz CT molecular complexity index is 625. The van der Waals surface area contributed by atoms with E-state index < -0.39 is 0 Å². The van der Waals surface area contributed by atoms with Crippen molar-refractivity contribution >= 4 is 17.7 Å². The molecule has 0 aliphatic carbocycles. The molecule has 21 heavy (non-hydrogen) atoms. The molecule has 1 amide bonds. The van der Waals surface area contributed by atoms with E-state index in [9.17, 15) is 4.79 Å². The summed E-state index contributed by atoms with van der Waals surface area (Å²) in [4.78, 5) is 16.0. The topological polar surface area (TPSA) is 67.2 Å². The number of hydrogen-bond donors (Lipinski definition) is 2. The minimum absolute atomic E-state index is 0.0324. The molecule has 1 heterocycles. The van der Waals surface area contributed by atoms with Crippen molar-refractivity contribution in [2.45, 2.75) is 25.2 Å². The van der Waals surface area contributed by atoms with Crippen LogP contribution in [-0.4, -0.2) is 26.3 Å². The second kappa shape index (κ2) is 7.28. The van der Waals surface area contributed by atoms with Gasteiger partial charge in [0.05, 0.1) is 24.3 Å². The normalized spacial score (nSPS) is 10.6. The Hall–Kier alpha value is -1.79. The number of nitrogens with zero attached hydrogens (tertiary/aromatic N) is 2. The number of aliphatic hydroxyl groups is 1. The Balaban J connectivity index is 1.81. The van der Waals surface area contributed by atoms with Crippen LogP contribution in [0.1, 0.15) is 16.8 Å². The van der Waals surface area contributed by atoms with Crippen molar-refractivity contribution in [2.24, 2.45) is 7.05 Å². The van der Waals surface area contributed by atoms with E-state index >= 15 is 0 Å². The molecule has 2 rings (SSSR count). The minimum atomic E-state index is -0.0520. The number of imidazole rings is 1. The number of aliphatic hydroxyl groups excluding tert-OH is 1. The van der Waals surface area contributed by atoms with Crippen LogP contribution in [0.15, 0.2) is 35.6 Å². The molecule has 0 saturated heterocycles. The summed E-state index contributed by atoms with van der Waals surface area (Å²) in [7, 11) is 1.82. The lowest BCUT2D eigenvalue weighted by Crippen LogP contribution is -2.24. The van der Waals surface area contributed by atoms with Crippen LogP contribution in [0, 0.1) is 6.92 Å². The summed E-state index contributed by atoms with van der Waals surface area (Å²) in [6, 6.07) is 8.06. The number of thioether (sulfide) groups is 1. The fraction of sp³-hybridized carbons (Fsp3) is 0.333. The quantitative estimate of drug-likeness (QED) is 0.796. The number of rotatable bonds is 6. The van der Waals surface area contributed by atoms with Crippen molar-refractivity contribution in [3.05, 3.63) is 47.3 Å². The summed E-state index contributed by atoms with van der Waals surface area (Å²) in [5.74, 6) is 0.275. The molecule has 0 fully saturated rings. The van der Waals surface area contributed by atoms with E-state index in [1.54, 1.807) is 10.8 Å². The van der Waals surface area contributed by atoms with Crippen molar-refractivity contribution in [3.8, 4) is 0 Å². The first-order valence-corrected chi connectivity index (χ1v) is 7.65. The highest BCUT2D eigenvalue weighted by Crippen LogP contribution is 2.16. The first-order chi connectivity index (χ1) is 10.1. The van der Waals surface area contributed by atoms with Crippen LogP contribution in [0.3, 0.4) is 0 Å². The molecule has 1 aromatic carbocycles. The number of aromatic nitrogens is 2. The van der Waals surface area contributed by atoms with Gasteiger partial charge in [-0.05, 0) is 12.5 Å². The molecule has 112 valence electrons. The van der Waals surface area contributed by atoms with Gasteiger partial charge < -0.3 is 15.0 Å². The van der Waals surface area contributed by atoms with Gasteiger partial charge in [0.2, 0.25) is 5.91 Å². The number of carbonyl (C=O) groups is 1. The fourth-order valence-electron chi connectivity index (χ4n) is 1.91. The Morgan fingerprint density at radius 2 is 2.29 bits per heavy atom. The van der Waals surface area contributed by atoms with Crippen LogP contribution < -0.4 is 5.32 Å². The summed E-state index contributed by atoms with van der Waals surface area (Å²) in [6.45, 7) is 2.51. The number of carbonyl (C=O) groups excluding carboxylic acids is 1. The predicted molar refractivity (Wildman–Crippen MR) is 82.9 cm³/mol. The van der Waals surface area contributed by atoms with Gasteiger partial charge in [-0.15, -0.1) is 0 Å². The second-order valence-corrected chi connectivity index (χ2v) is 5.75. The molecule has 0 aliphatic heterocycles. The van der Waals surface area contributed by atoms with Gasteiger partial charge in [-0.1, -0.05) is 41.6 Å². The zero-order valence-corrected chi connectivity index (χ0v) is 13.0. The summed E-state index contributed by atoms with van der Waals surface area (Å²) in [5.41, 5.74) is 3.01. The standard InChI is InChI=1S/C15H19N3O2S/c1-11-4-3-5-12(6-11)7-16-14(20)10-21-15-17-8-13(9-19)18(15)2/h3-6,8,19H,7,9-10H2,1-2H3,(H,16,20). The molecule has 0 aliphatic rings. The summed E-state index contributed by atoms with van der Waals surface area (Å²) in [6.07, 6.45) is 1.62. The Morgan fingerprint density at radius 1 is 1.48 bits per heavy atom. The van der Waals surface area contributed by atoms with E-state index in [4.69, 9.17) is 5.11 Å². The maximum Gasteiger partial charge on any atom is 0.230 e. The van der Waals surface area contributed by atoms with Gasteiger partial charge in [0.25, 0.3) is 0 Å². The highest BCUT2D eigenvalue weighted by Gasteiger charge is 2.09. The van der Waals surface area contributed by atoms with Gasteiger partial charge in [-0.25, -0.2) is 4.98 Å². The third-order valence-electron chi connectivity index (χ3n) is 3.11. The molecular formula is C15H19N3O2S. The molecule has 5 nitrogen and oxygen atoms in total. The monoisotopic (exact) mass is 305 g/mol. The molecule has 0 radical (unpaired) electrons. The van der Waals surface area contributed by atoms with E-state index in [1.807, 2.05) is 32.2 Å². The van der Waals surface area contributed by atoms with Crippen molar-refractivity contribution in [1.82, 2.24) is 14.9 Å². The average molecular weight is 305 g/mol. The fourth-order valence-corrected chi connectivity index (χ4v) is 2.71. The van der Waals surface area contributed by atoms with Gasteiger partial charge in [-0.2, -0.15) is 0 Å². The van der Waals surface area contributed by atoms with Crippen molar-refractivity contribution in [2.75, 3.05) is 5.75 Å². The predicted octanol–water partition coefficient (Wildman–Crippen LogP) is 1.63. The van der Waals surface area contributed by atoms with Crippen LogP contribution in [0.2, 0.25) is 0 Å². The molecule has 2 aromatic rings. The van der Waals surface area contributed by atoms with Gasteiger partial charge in [0.1, 0.15) is 0 Å². The molecule has 0 saturated carbocycles. The van der Waals surface area contributed by atoms with Crippen molar-refractivity contribution < 1.29 is 9.90 Å². The lowest BCUT2D eigenvalue weighted by atomic mass is 10.1. The van der Waals surface area contributed by atoms with Gasteiger partial charge in [0.15, 0.2) is 5.16 Å². The van der Waals surface area contributed by atoms with Crippen LogP contribution in [-0.2, 0) is 25.0 Å². The lowest BCUT2D eigenvalue weighted by Gasteiger charge is -2.06. The minimum Gasteiger partial charge on any atom is -0.390 e. The zero-order valence-electron chi connectivity index (χ0n) is 12.2.